The zero-order valence-electron chi connectivity index (χ0n) is 21.6. The van der Waals surface area contributed by atoms with Gasteiger partial charge in [0.25, 0.3) is 0 Å². The monoisotopic (exact) mass is 616 g/mol. The minimum Gasteiger partial charge on any atom is -0.147 e. The Hall–Kier alpha value is 2.33. The van der Waals surface area contributed by atoms with Gasteiger partial charge in [0, 0.05) is 20.4 Å². The fourth-order valence-corrected chi connectivity index (χ4v) is 133. The van der Waals surface area contributed by atoms with Gasteiger partial charge in [-0.3, -0.25) is 0 Å². The molecule has 10 saturated heterocycles. The van der Waals surface area contributed by atoms with Crippen molar-refractivity contribution in [3.05, 3.63) is 0 Å². The average Bonchev–Trinajstić information content (AvgIpc) is 3.36. The summed E-state index contributed by atoms with van der Waals surface area (Å²) in [5.74, 6) is 0. The Labute approximate surface area is 204 Å². The van der Waals surface area contributed by atoms with E-state index < -0.39 is 6.51 Å². The quantitative estimate of drug-likeness (QED) is 0.214. The van der Waals surface area contributed by atoms with Gasteiger partial charge in [0.05, 0.1) is 0 Å². The summed E-state index contributed by atoms with van der Waals surface area (Å²) < 4.78 is 2.01. The Bertz CT molecular complexity index is 1220. The van der Waals surface area contributed by atoms with Gasteiger partial charge >= 0.3 is 173 Å². The van der Waals surface area contributed by atoms with Gasteiger partial charge in [0.2, 0.25) is 0 Å². The predicted octanol–water partition coefficient (Wildman–Crippen LogP) is 9.77. The molecule has 4 unspecified atom stereocenters. The second-order valence-electron chi connectivity index (χ2n) is 19.0. The summed E-state index contributed by atoms with van der Waals surface area (Å²) in [6.07, 6.45) is 0. The van der Waals surface area contributed by atoms with E-state index in [4.69, 9.17) is 0 Å². The van der Waals surface area contributed by atoms with Crippen molar-refractivity contribution in [1.29, 1.82) is 0 Å². The van der Waals surface area contributed by atoms with Crippen LogP contribution in [-0.4, -0.2) is 28.7 Å². The Morgan fingerprint density at radius 1 is 0.484 bits per heavy atom. The van der Waals surface area contributed by atoms with Gasteiger partial charge < -0.3 is 0 Å². The molecular weight excluding hydrogens is 572 g/mol. The second kappa shape index (κ2) is 2.47. The maximum Gasteiger partial charge on any atom is 0 e. The molecule has 0 N–H and O–H groups in total. The first kappa shape index (κ1) is 21.4. The Kier molecular flexibility index (Phi) is 1.71. The van der Waals surface area contributed by atoms with E-state index in [9.17, 15) is 0 Å². The van der Waals surface area contributed by atoms with E-state index in [1.807, 2.05) is 0 Å². The first-order chi connectivity index (χ1) is 12.7. The molecule has 10 rings (SSSR count). The van der Waals surface area contributed by atoms with Gasteiger partial charge in [0.15, 0.2) is 0 Å². The van der Waals surface area contributed by atoms with E-state index in [-0.39, 0.29) is 48.7 Å². The van der Waals surface area contributed by atoms with Crippen molar-refractivity contribution in [2.45, 2.75) is 150 Å². The summed E-state index contributed by atoms with van der Waals surface area (Å²) in [6.45, 7) is 28.9. The molecule has 10 fully saturated rings. The summed E-state index contributed by atoms with van der Waals surface area (Å²) in [6, 6.07) is 0. The van der Waals surface area contributed by atoms with Crippen molar-refractivity contribution in [1.82, 2.24) is 0 Å². The largest absolute Gasteiger partial charge is 0.147 e. The molecule has 10 aliphatic heterocycles. The topological polar surface area (TPSA) is 0 Å². The molecule has 5 heteroatoms. The van der Waals surface area contributed by atoms with Crippen LogP contribution in [0.15, 0.2) is 0 Å². The molecule has 0 nitrogen and oxygen atoms in total. The van der Waals surface area contributed by atoms with Crippen LogP contribution in [0.1, 0.15) is 83.1 Å². The van der Waals surface area contributed by atoms with Gasteiger partial charge in [-0.2, -0.15) is 0 Å². The van der Waals surface area contributed by atoms with Crippen LogP contribution in [0.5, 0.6) is 0 Å². The summed E-state index contributed by atoms with van der Waals surface area (Å²) in [7, 11) is 0.161. The van der Waals surface area contributed by atoms with Gasteiger partial charge in [-0.25, -0.2) is 0 Å². The van der Waals surface area contributed by atoms with Crippen molar-refractivity contribution in [3.8, 4) is 0 Å². The zero-order valence-corrected chi connectivity index (χ0v) is 26.9. The molecule has 10 aliphatic rings. The van der Waals surface area contributed by atoms with E-state index in [0.29, 0.717) is 20.6 Å². The molecule has 0 radical (unpaired) electrons. The van der Waals surface area contributed by atoms with Crippen LogP contribution >= 0.6 is 28.3 Å². The second-order valence-corrected chi connectivity index (χ2v) is 51.2. The fraction of sp³-hybridized carbons (Fsp3) is 1.00. The summed E-state index contributed by atoms with van der Waals surface area (Å²) in [4.78, 5) is 11.4. The van der Waals surface area contributed by atoms with E-state index in [1.54, 1.807) is 0 Å². The number of hydrogen-bond donors (Lipinski definition) is 0. The number of halogens is 1. The first-order valence-electron chi connectivity index (χ1n) is 12.5. The third-order valence-corrected chi connectivity index (χ3v) is 77.0. The molecule has 10 heterocycles. The Morgan fingerprint density at radius 3 is 0.839 bits per heavy atom. The van der Waals surface area contributed by atoms with Gasteiger partial charge in [-0.15, -0.1) is 12.4 Å². The molecule has 0 bridgehead atoms. The third kappa shape index (κ3) is 0.423. The Balaban J connectivity index is 0.000000802. The van der Waals surface area contributed by atoms with Crippen LogP contribution in [-0.2, 0) is 26.9 Å². The van der Waals surface area contributed by atoms with Crippen LogP contribution < -0.4 is 0 Å². The summed E-state index contributed by atoms with van der Waals surface area (Å²) in [5.41, 5.74) is 0. The van der Waals surface area contributed by atoms with Crippen LogP contribution in [0.3, 0.4) is 0 Å². The third-order valence-electron chi connectivity index (χ3n) is 18.0. The fourth-order valence-electron chi connectivity index (χ4n) is 21.5. The molecule has 184 valence electrons. The van der Waals surface area contributed by atoms with Crippen molar-refractivity contribution >= 4 is 28.3 Å². The molecule has 0 amide bonds. The molecule has 0 aromatic carbocycles. The number of rotatable bonds is 2. The van der Waals surface area contributed by atoms with Gasteiger partial charge in [-0.05, 0) is 0 Å². The molecule has 0 aromatic heterocycles. The molecule has 31 heavy (non-hydrogen) atoms. The zero-order chi connectivity index (χ0) is 21.1. The van der Waals surface area contributed by atoms with E-state index in [2.05, 4.69) is 83.1 Å². The molecule has 1 spiro atoms. The molecular formula is C26H45ClFeP2Pd. The molecule has 0 aliphatic carbocycles. The average molecular weight is 617 g/mol. The minimum absolute atomic E-state index is 0. The minimum atomic E-state index is -3.47. The standard InChI is InChI=1S/C21H39P2.C5H5.ClH.Fe.Pd/c1-18(2,3)22(19(4,5)6)16-14-13-15-17(16)23(20(7,8)9)21(10,11)12;1-2-4-5-3-1;;;/h13-15H,1-12H3;1-5H;1H;;. The SMILES string of the molecule is CC(C)(C)P(C(C)(C)C)[C]12[CH]3[CH]4[CH]5[C]1(P(C(C)(C)C)C(C)(C)C)[Fe]43521678[CH]2[CH]1[CH]6[CH]7[CH]28.Cl.[Pd]. The van der Waals surface area contributed by atoms with Crippen molar-refractivity contribution in [2.75, 3.05) is 0 Å². The van der Waals surface area contributed by atoms with E-state index in [1.165, 1.54) is 38.5 Å². The maximum atomic E-state index is 2.69. The van der Waals surface area contributed by atoms with Crippen LogP contribution in [0.4, 0.5) is 0 Å². The molecule has 0 saturated carbocycles. The summed E-state index contributed by atoms with van der Waals surface area (Å²) >= 11 is 0. The van der Waals surface area contributed by atoms with Crippen molar-refractivity contribution < 1.29 is 26.9 Å². The number of hydrogen-bond acceptors (Lipinski definition) is 0. The van der Waals surface area contributed by atoms with Gasteiger partial charge in [-0.1, -0.05) is 0 Å². The maximum absolute atomic E-state index is 3.47. The van der Waals surface area contributed by atoms with Crippen LogP contribution in [0, 0.1) is 0 Å². The Morgan fingerprint density at radius 2 is 0.710 bits per heavy atom. The van der Waals surface area contributed by atoms with Crippen LogP contribution in [0.25, 0.3) is 0 Å². The normalized spacial score (nSPS) is 75.2. The molecule has 4 atom stereocenters. The van der Waals surface area contributed by atoms with Gasteiger partial charge in [0.1, 0.15) is 0 Å². The molecule has 0 aromatic rings. The first-order valence-corrected chi connectivity index (χ1v) is 21.4. The number of fused-ring (bicyclic) bond motifs is 10. The van der Waals surface area contributed by atoms with E-state index >= 15 is 0 Å². The van der Waals surface area contributed by atoms with E-state index in [0.717, 1.165) is 8.11 Å². The smallest absolute Gasteiger partial charge is 0 e. The van der Waals surface area contributed by atoms with Crippen LogP contribution in [0.2, 0.25) is 38.5 Å². The van der Waals surface area contributed by atoms with Crippen molar-refractivity contribution in [2.24, 2.45) is 0 Å². The predicted molar refractivity (Wildman–Crippen MR) is 136 cm³/mol. The van der Waals surface area contributed by atoms with Crippen molar-refractivity contribution in [3.63, 3.8) is 0 Å². The summed E-state index contributed by atoms with van der Waals surface area (Å²) in [5, 5.41) is 2.15.